The lowest BCUT2D eigenvalue weighted by molar-refractivity contribution is -0.618. The van der Waals surface area contributed by atoms with E-state index >= 15 is 0 Å². The number of β-lactam (4-membered cyclic amide) rings is 1. The number of benzene rings is 1. The number of amides is 2. The molecule has 0 aliphatic carbocycles. The summed E-state index contributed by atoms with van der Waals surface area (Å²) in [7, 11) is 0. The fraction of sp³-hybridized carbons (Fsp3) is 0.529. The highest BCUT2D eigenvalue weighted by atomic mass is 16.6. The van der Waals surface area contributed by atoms with Gasteiger partial charge >= 0.3 is 11.8 Å². The van der Waals surface area contributed by atoms with Gasteiger partial charge in [-0.15, -0.1) is 0 Å². The van der Waals surface area contributed by atoms with Gasteiger partial charge in [0.2, 0.25) is 6.04 Å². The molecule has 10 nitrogen and oxygen atoms in total. The number of rotatable bonds is 7. The number of likely N-dealkylation sites (tertiary alicyclic amines) is 1. The lowest BCUT2D eigenvalue weighted by atomic mass is 9.87. The Hall–Kier alpha value is -2.72. The van der Waals surface area contributed by atoms with Gasteiger partial charge in [0.1, 0.15) is 19.0 Å². The molecule has 2 atom stereocenters. The minimum absolute atomic E-state index is 0.0397. The minimum atomic E-state index is -2.05. The minimum Gasteiger partial charge on any atom is -0.444 e. The highest BCUT2D eigenvalue weighted by Gasteiger charge is 2.71. The average Bonchev–Trinajstić information content (AvgIpc) is 2.58. The fourth-order valence-electron chi connectivity index (χ4n) is 2.83. The lowest BCUT2D eigenvalue weighted by Crippen LogP contribution is -2.83. The predicted octanol–water partition coefficient (Wildman–Crippen LogP) is 0.862. The molecule has 1 fully saturated rings. The van der Waals surface area contributed by atoms with Crippen molar-refractivity contribution in [1.29, 1.82) is 0 Å². The summed E-state index contributed by atoms with van der Waals surface area (Å²) in [5, 5.41) is 23.1. The van der Waals surface area contributed by atoms with Crippen molar-refractivity contribution in [2.75, 3.05) is 13.4 Å². The van der Waals surface area contributed by atoms with E-state index in [4.69, 9.17) is 14.6 Å². The summed E-state index contributed by atoms with van der Waals surface area (Å²) in [5.41, 5.74) is -2.21. The fourth-order valence-corrected chi connectivity index (χ4v) is 2.83. The molecule has 1 saturated heterocycles. The monoisotopic (exact) mass is 381 g/mol. The zero-order chi connectivity index (χ0) is 20.2. The third kappa shape index (κ3) is 4.34. The number of carbonyl (C=O) groups is 2. The van der Waals surface area contributed by atoms with Gasteiger partial charge in [-0.3, -0.25) is 19.8 Å². The quantitative estimate of drug-likeness (QED) is 0.310. The Kier molecular flexibility index (Phi) is 6.01. The van der Waals surface area contributed by atoms with Gasteiger partial charge in [-0.25, -0.2) is 4.79 Å². The van der Waals surface area contributed by atoms with E-state index in [9.17, 15) is 19.7 Å². The third-order valence-electron chi connectivity index (χ3n) is 4.01. The number of nitro groups is 1. The standard InChI is InChI=1S/C17H23N3O7/c1-16(2,3)27-15(23)18-13-14(22)19(9-12-7-5-4-6-8-12)17(13,20(24)25)10-26-11-21/h4-8,13,21H,9-11H2,1-3H3,(H,18,23). The van der Waals surface area contributed by atoms with Gasteiger partial charge in [0, 0.05) is 0 Å². The SMILES string of the molecule is CC(C)(C)OC(=O)NC1C(=O)N(Cc2ccccc2)C1(COCO)[N+](=O)[O-]. The summed E-state index contributed by atoms with van der Waals surface area (Å²) in [4.78, 5) is 36.8. The van der Waals surface area contributed by atoms with Crippen LogP contribution in [0.15, 0.2) is 30.3 Å². The van der Waals surface area contributed by atoms with Crippen molar-refractivity contribution >= 4 is 12.0 Å². The van der Waals surface area contributed by atoms with Gasteiger partial charge < -0.3 is 19.9 Å². The first kappa shape index (κ1) is 20.6. The number of aliphatic hydroxyl groups is 1. The zero-order valence-electron chi connectivity index (χ0n) is 15.4. The second-order valence-electron chi connectivity index (χ2n) is 7.10. The summed E-state index contributed by atoms with van der Waals surface area (Å²) in [6.45, 7) is 3.51. The second-order valence-corrected chi connectivity index (χ2v) is 7.10. The van der Waals surface area contributed by atoms with E-state index in [2.05, 4.69) is 5.32 Å². The van der Waals surface area contributed by atoms with E-state index in [1.165, 1.54) is 0 Å². The molecule has 2 N–H and O–H groups in total. The summed E-state index contributed by atoms with van der Waals surface area (Å²) in [6.07, 6.45) is -0.949. The van der Waals surface area contributed by atoms with Gasteiger partial charge in [0.25, 0.3) is 5.91 Å². The van der Waals surface area contributed by atoms with Crippen LogP contribution in [0.2, 0.25) is 0 Å². The molecule has 1 heterocycles. The number of aliphatic hydroxyl groups excluding tert-OH is 1. The topological polar surface area (TPSA) is 131 Å². The predicted molar refractivity (Wildman–Crippen MR) is 92.9 cm³/mol. The molecule has 27 heavy (non-hydrogen) atoms. The van der Waals surface area contributed by atoms with E-state index < -0.39 is 47.6 Å². The molecule has 0 aromatic heterocycles. The van der Waals surface area contributed by atoms with Crippen molar-refractivity contribution in [1.82, 2.24) is 10.2 Å². The van der Waals surface area contributed by atoms with Crippen molar-refractivity contribution in [3.8, 4) is 0 Å². The van der Waals surface area contributed by atoms with E-state index in [1.807, 2.05) is 0 Å². The summed E-state index contributed by atoms with van der Waals surface area (Å²) in [5.74, 6) is -0.636. The van der Waals surface area contributed by atoms with Crippen molar-refractivity contribution < 1.29 is 29.1 Å². The van der Waals surface area contributed by atoms with E-state index in [1.54, 1.807) is 51.1 Å². The maximum atomic E-state index is 12.6. The molecule has 148 valence electrons. The Morgan fingerprint density at radius 1 is 1.37 bits per heavy atom. The first-order valence-corrected chi connectivity index (χ1v) is 8.30. The van der Waals surface area contributed by atoms with Crippen LogP contribution in [0, 0.1) is 10.1 Å². The van der Waals surface area contributed by atoms with Crippen LogP contribution < -0.4 is 5.32 Å². The molecule has 0 spiro atoms. The van der Waals surface area contributed by atoms with Gasteiger partial charge in [-0.1, -0.05) is 30.3 Å². The van der Waals surface area contributed by atoms with Crippen LogP contribution in [0.5, 0.6) is 0 Å². The van der Waals surface area contributed by atoms with Crippen LogP contribution >= 0.6 is 0 Å². The van der Waals surface area contributed by atoms with E-state index in [-0.39, 0.29) is 6.54 Å². The second kappa shape index (κ2) is 7.89. The first-order chi connectivity index (χ1) is 12.6. The summed E-state index contributed by atoms with van der Waals surface area (Å²) >= 11 is 0. The molecular weight excluding hydrogens is 358 g/mol. The Balaban J connectivity index is 2.28. The number of hydrogen-bond donors (Lipinski definition) is 2. The number of hydrogen-bond acceptors (Lipinski definition) is 7. The van der Waals surface area contributed by atoms with Crippen LogP contribution in [0.1, 0.15) is 26.3 Å². The largest absolute Gasteiger partial charge is 0.444 e. The Bertz CT molecular complexity index is 704. The van der Waals surface area contributed by atoms with Gasteiger partial charge in [-0.05, 0) is 26.3 Å². The van der Waals surface area contributed by atoms with Crippen molar-refractivity contribution in [2.45, 2.75) is 44.6 Å². The number of carbonyl (C=O) groups excluding carboxylic acids is 2. The molecule has 2 unspecified atom stereocenters. The van der Waals surface area contributed by atoms with Crippen LogP contribution in [0.4, 0.5) is 4.79 Å². The Labute approximate surface area is 156 Å². The van der Waals surface area contributed by atoms with E-state index in [0.29, 0.717) is 5.56 Å². The van der Waals surface area contributed by atoms with Crippen molar-refractivity contribution in [3.63, 3.8) is 0 Å². The molecular formula is C17H23N3O7. The average molecular weight is 381 g/mol. The maximum absolute atomic E-state index is 12.6. The van der Waals surface area contributed by atoms with Crippen LogP contribution in [-0.2, 0) is 20.8 Å². The number of nitrogens with one attached hydrogen (secondary N) is 1. The molecule has 10 heteroatoms. The molecule has 0 saturated carbocycles. The summed E-state index contributed by atoms with van der Waals surface area (Å²) < 4.78 is 9.95. The van der Waals surface area contributed by atoms with Gasteiger partial charge in [-0.2, -0.15) is 0 Å². The van der Waals surface area contributed by atoms with Crippen molar-refractivity contribution in [2.24, 2.45) is 0 Å². The molecule has 1 aliphatic rings. The van der Waals surface area contributed by atoms with Crippen LogP contribution in [-0.4, -0.2) is 57.6 Å². The molecule has 0 radical (unpaired) electrons. The maximum Gasteiger partial charge on any atom is 0.408 e. The van der Waals surface area contributed by atoms with Crippen LogP contribution in [0.3, 0.4) is 0 Å². The first-order valence-electron chi connectivity index (χ1n) is 8.30. The number of ether oxygens (including phenoxy) is 2. The van der Waals surface area contributed by atoms with Gasteiger partial charge in [0.15, 0.2) is 0 Å². The van der Waals surface area contributed by atoms with Gasteiger partial charge in [0.05, 0.1) is 11.5 Å². The highest BCUT2D eigenvalue weighted by molar-refractivity contribution is 5.93. The molecule has 2 rings (SSSR count). The third-order valence-corrected chi connectivity index (χ3v) is 4.01. The lowest BCUT2D eigenvalue weighted by Gasteiger charge is -2.49. The molecule has 2 amide bonds. The Morgan fingerprint density at radius 2 is 2.00 bits per heavy atom. The van der Waals surface area contributed by atoms with Crippen molar-refractivity contribution in [3.05, 3.63) is 46.0 Å². The Morgan fingerprint density at radius 3 is 2.52 bits per heavy atom. The zero-order valence-corrected chi connectivity index (χ0v) is 15.4. The number of alkyl carbamates (subject to hydrolysis) is 1. The molecule has 1 aliphatic heterocycles. The van der Waals surface area contributed by atoms with E-state index in [0.717, 1.165) is 4.90 Å². The van der Waals surface area contributed by atoms with Crippen LogP contribution in [0.25, 0.3) is 0 Å². The normalized spacial score (nSPS) is 22.1. The summed E-state index contributed by atoms with van der Waals surface area (Å²) in [6, 6.07) is 7.24. The molecule has 1 aromatic carbocycles. The number of nitrogens with zero attached hydrogens (tertiary/aromatic N) is 2. The molecule has 0 bridgehead atoms. The molecule has 1 aromatic rings. The highest BCUT2D eigenvalue weighted by Crippen LogP contribution is 2.35. The smallest absolute Gasteiger partial charge is 0.408 e.